The van der Waals surface area contributed by atoms with Gasteiger partial charge in [0.25, 0.3) is 5.91 Å². The molecule has 0 saturated carbocycles. The average molecular weight is 645 g/mol. The van der Waals surface area contributed by atoms with Crippen molar-refractivity contribution in [2.75, 3.05) is 40.0 Å². The standard InChI is InChI=1S/C36H41FN4O6/c1-41-18-21-47-31-13-6-5-12-28(31)33(43)40-29(14-15-32(42)39-30(35(41)45)22-25-8-3-2-4-9-25)34(44)38-24-36(16-19-46-20-17-36)26-10-7-11-27(37)23-26/h2-13,23,29-30H,14-22,24H2,1H3,(H,38,44)(H,39,42)(H,40,43)/t29-,30-/m0/s1. The monoisotopic (exact) mass is 644 g/mol. The van der Waals surface area contributed by atoms with E-state index in [9.17, 15) is 23.6 Å². The number of hydrogen-bond acceptors (Lipinski definition) is 6. The van der Waals surface area contributed by atoms with Crippen molar-refractivity contribution in [1.82, 2.24) is 20.9 Å². The van der Waals surface area contributed by atoms with Gasteiger partial charge >= 0.3 is 0 Å². The van der Waals surface area contributed by atoms with Crippen LogP contribution in [0.1, 0.15) is 47.2 Å². The smallest absolute Gasteiger partial charge is 0.255 e. The number of rotatable bonds is 6. The highest BCUT2D eigenvalue weighted by molar-refractivity contribution is 6.00. The van der Waals surface area contributed by atoms with E-state index >= 15 is 0 Å². The third kappa shape index (κ3) is 8.74. The van der Waals surface area contributed by atoms with E-state index in [1.165, 1.54) is 17.0 Å². The second-order valence-corrected chi connectivity index (χ2v) is 12.1. The largest absolute Gasteiger partial charge is 0.491 e. The zero-order valence-electron chi connectivity index (χ0n) is 26.5. The molecule has 0 spiro atoms. The fourth-order valence-electron chi connectivity index (χ4n) is 6.07. The molecule has 4 amide bonds. The van der Waals surface area contributed by atoms with Gasteiger partial charge in [-0.25, -0.2) is 4.39 Å². The fraction of sp³-hybridized carbons (Fsp3) is 0.389. The third-order valence-corrected chi connectivity index (χ3v) is 8.88. The van der Waals surface area contributed by atoms with Crippen molar-refractivity contribution in [3.8, 4) is 5.75 Å². The van der Waals surface area contributed by atoms with Crippen molar-refractivity contribution < 1.29 is 33.0 Å². The molecule has 2 aliphatic heterocycles. The Bertz CT molecular complexity index is 1560. The summed E-state index contributed by atoms with van der Waals surface area (Å²) in [7, 11) is 1.64. The Labute approximate surface area is 274 Å². The SMILES string of the molecule is CN1CCOc2ccccc2C(=O)N[C@H](C(=O)NCC2(c3cccc(F)c3)CCOCC2)CCC(=O)N[C@@H](Cc2ccccc2)C1=O. The Morgan fingerprint density at radius 1 is 0.957 bits per heavy atom. The van der Waals surface area contributed by atoms with Gasteiger partial charge in [-0.15, -0.1) is 0 Å². The molecule has 248 valence electrons. The van der Waals surface area contributed by atoms with Gasteiger partial charge in [0, 0.05) is 45.1 Å². The van der Waals surface area contributed by atoms with Gasteiger partial charge in [-0.3, -0.25) is 19.2 Å². The highest BCUT2D eigenvalue weighted by atomic mass is 19.1. The maximum Gasteiger partial charge on any atom is 0.255 e. The highest BCUT2D eigenvalue weighted by Gasteiger charge is 2.36. The zero-order chi connectivity index (χ0) is 33.2. The van der Waals surface area contributed by atoms with Gasteiger partial charge in [0.2, 0.25) is 17.7 Å². The van der Waals surface area contributed by atoms with Crippen LogP contribution in [0.25, 0.3) is 0 Å². The lowest BCUT2D eigenvalue weighted by Gasteiger charge is -2.38. The number of carbonyl (C=O) groups excluding carboxylic acids is 4. The Morgan fingerprint density at radius 2 is 1.70 bits per heavy atom. The molecule has 0 bridgehead atoms. The summed E-state index contributed by atoms with van der Waals surface area (Å²) in [5.41, 5.74) is 1.31. The highest BCUT2D eigenvalue weighted by Crippen LogP contribution is 2.34. The van der Waals surface area contributed by atoms with Crippen LogP contribution >= 0.6 is 0 Å². The molecule has 5 rings (SSSR count). The van der Waals surface area contributed by atoms with Gasteiger partial charge in [0.1, 0.15) is 30.3 Å². The molecular weight excluding hydrogens is 603 g/mol. The van der Waals surface area contributed by atoms with Crippen LogP contribution in [-0.2, 0) is 31.0 Å². The van der Waals surface area contributed by atoms with E-state index in [2.05, 4.69) is 16.0 Å². The van der Waals surface area contributed by atoms with Crippen molar-refractivity contribution in [2.24, 2.45) is 0 Å². The molecule has 10 nitrogen and oxygen atoms in total. The van der Waals surface area contributed by atoms with E-state index in [0.717, 1.165) is 11.1 Å². The summed E-state index contributed by atoms with van der Waals surface area (Å²) < 4.78 is 25.8. The molecule has 47 heavy (non-hydrogen) atoms. The Hall–Kier alpha value is -4.77. The molecule has 0 radical (unpaired) electrons. The normalized spacial score (nSPS) is 20.8. The Morgan fingerprint density at radius 3 is 2.47 bits per heavy atom. The summed E-state index contributed by atoms with van der Waals surface area (Å²) in [6.07, 6.45) is 1.29. The number of ether oxygens (including phenoxy) is 2. The fourth-order valence-corrected chi connectivity index (χ4v) is 6.07. The van der Waals surface area contributed by atoms with Gasteiger partial charge < -0.3 is 30.3 Å². The summed E-state index contributed by atoms with van der Waals surface area (Å²) in [6.45, 7) is 1.44. The predicted molar refractivity (Wildman–Crippen MR) is 173 cm³/mol. The van der Waals surface area contributed by atoms with Gasteiger partial charge in [-0.1, -0.05) is 54.6 Å². The van der Waals surface area contributed by atoms with E-state index in [-0.39, 0.29) is 56.2 Å². The van der Waals surface area contributed by atoms with Crippen LogP contribution in [0.2, 0.25) is 0 Å². The van der Waals surface area contributed by atoms with Gasteiger partial charge in [-0.05, 0) is 54.7 Å². The number of nitrogens with one attached hydrogen (secondary N) is 3. The number of benzene rings is 3. The summed E-state index contributed by atoms with van der Waals surface area (Å²) in [4.78, 5) is 55.6. The van der Waals surface area contributed by atoms with E-state index in [0.29, 0.717) is 31.8 Å². The van der Waals surface area contributed by atoms with Crippen molar-refractivity contribution in [1.29, 1.82) is 0 Å². The van der Waals surface area contributed by atoms with Gasteiger partial charge in [0.15, 0.2) is 0 Å². The van der Waals surface area contributed by atoms with Crippen LogP contribution in [0.5, 0.6) is 5.75 Å². The van der Waals surface area contributed by atoms with Crippen LogP contribution in [0.15, 0.2) is 78.9 Å². The number of halogens is 1. The van der Waals surface area contributed by atoms with Crippen LogP contribution in [0.4, 0.5) is 4.39 Å². The first-order valence-corrected chi connectivity index (χ1v) is 16.0. The number of carbonyl (C=O) groups is 4. The number of para-hydroxylation sites is 1. The first-order valence-electron chi connectivity index (χ1n) is 16.0. The molecule has 2 atom stereocenters. The van der Waals surface area contributed by atoms with Crippen molar-refractivity contribution in [3.63, 3.8) is 0 Å². The van der Waals surface area contributed by atoms with E-state index < -0.39 is 35.2 Å². The molecule has 3 aromatic carbocycles. The summed E-state index contributed by atoms with van der Waals surface area (Å²) in [6, 6.07) is 20.5. The van der Waals surface area contributed by atoms with Gasteiger partial charge in [0.05, 0.1) is 12.1 Å². The minimum absolute atomic E-state index is 0.0232. The lowest BCUT2D eigenvalue weighted by Crippen LogP contribution is -2.52. The maximum absolute atomic E-state index is 14.2. The van der Waals surface area contributed by atoms with Crippen LogP contribution in [-0.4, -0.2) is 80.6 Å². The first kappa shape index (κ1) is 33.6. The van der Waals surface area contributed by atoms with Crippen molar-refractivity contribution >= 4 is 23.6 Å². The van der Waals surface area contributed by atoms with Gasteiger partial charge in [-0.2, -0.15) is 0 Å². The zero-order valence-corrected chi connectivity index (χ0v) is 26.5. The maximum atomic E-state index is 14.2. The second-order valence-electron chi connectivity index (χ2n) is 12.1. The number of amides is 4. The molecule has 0 aliphatic carbocycles. The molecule has 2 heterocycles. The summed E-state index contributed by atoms with van der Waals surface area (Å²) in [5, 5.41) is 8.65. The van der Waals surface area contributed by atoms with E-state index in [1.54, 1.807) is 37.4 Å². The molecule has 3 aromatic rings. The van der Waals surface area contributed by atoms with E-state index in [4.69, 9.17) is 9.47 Å². The molecule has 0 aromatic heterocycles. The quantitative estimate of drug-likeness (QED) is 0.379. The van der Waals surface area contributed by atoms with Crippen LogP contribution in [0.3, 0.4) is 0 Å². The molecule has 3 N–H and O–H groups in total. The van der Waals surface area contributed by atoms with Crippen LogP contribution in [0, 0.1) is 5.82 Å². The van der Waals surface area contributed by atoms with Crippen molar-refractivity contribution in [2.45, 2.75) is 49.6 Å². The number of nitrogens with zero attached hydrogens (tertiary/aromatic N) is 1. The first-order chi connectivity index (χ1) is 22.7. The molecule has 1 saturated heterocycles. The Balaban J connectivity index is 1.38. The molecule has 1 fully saturated rings. The summed E-state index contributed by atoms with van der Waals surface area (Å²) >= 11 is 0. The third-order valence-electron chi connectivity index (χ3n) is 8.88. The number of likely N-dealkylation sites (N-methyl/N-ethyl adjacent to an activating group) is 1. The predicted octanol–water partition coefficient (Wildman–Crippen LogP) is 3.15. The molecule has 0 unspecified atom stereocenters. The number of fused-ring (bicyclic) bond motifs is 1. The van der Waals surface area contributed by atoms with E-state index in [1.807, 2.05) is 36.4 Å². The molecule has 2 aliphatic rings. The van der Waals surface area contributed by atoms with Crippen molar-refractivity contribution in [3.05, 3.63) is 101 Å². The summed E-state index contributed by atoms with van der Waals surface area (Å²) in [5.74, 6) is -1.78. The second kappa shape index (κ2) is 15.7. The minimum Gasteiger partial charge on any atom is -0.491 e. The number of hydrogen-bond donors (Lipinski definition) is 3. The molecular formula is C36H41FN4O6. The van der Waals surface area contributed by atoms with Crippen LogP contribution < -0.4 is 20.7 Å². The topological polar surface area (TPSA) is 126 Å². The lowest BCUT2D eigenvalue weighted by molar-refractivity contribution is -0.135. The minimum atomic E-state index is -1.08. The average Bonchev–Trinajstić information content (AvgIpc) is 3.09. The Kier molecular flexibility index (Phi) is 11.2. The molecule has 11 heteroatoms. The lowest BCUT2D eigenvalue weighted by atomic mass is 9.74.